The summed E-state index contributed by atoms with van der Waals surface area (Å²) in [4.78, 5) is 25.3. The number of esters is 2. The van der Waals surface area contributed by atoms with E-state index >= 15 is 0 Å². The van der Waals surface area contributed by atoms with Gasteiger partial charge in [0.25, 0.3) is 0 Å². The molecule has 0 heterocycles. The van der Waals surface area contributed by atoms with E-state index in [0.717, 1.165) is 82.4 Å². The van der Waals surface area contributed by atoms with Crippen molar-refractivity contribution in [1.29, 1.82) is 0 Å². The number of unbranched alkanes of at least 4 members (excludes halogenated alkanes) is 12. The number of carbonyl (C=O) groups is 2. The van der Waals surface area contributed by atoms with Crippen molar-refractivity contribution in [1.82, 2.24) is 0 Å². The van der Waals surface area contributed by atoms with Crippen molar-refractivity contribution in [3.63, 3.8) is 0 Å². The fourth-order valence-electron chi connectivity index (χ4n) is 6.24. The summed E-state index contributed by atoms with van der Waals surface area (Å²) in [5.41, 5.74) is -0.325. The number of aliphatic hydroxyl groups is 2. The normalized spacial score (nSPS) is 12.9. The number of aliphatic hydroxyl groups excluding tert-OH is 2. The molecule has 0 atom stereocenters. The summed E-state index contributed by atoms with van der Waals surface area (Å²) in [7, 11) is -4.44. The first-order chi connectivity index (χ1) is 22.6. The molecule has 1 rings (SSSR count). The molecule has 0 bridgehead atoms. The molecular weight excluding hydrogens is 639 g/mol. The van der Waals surface area contributed by atoms with E-state index in [4.69, 9.17) is 23.7 Å². The molecule has 1 aromatic rings. The summed E-state index contributed by atoms with van der Waals surface area (Å²) < 4.78 is 45.7. The molecule has 0 saturated heterocycles. The Hall–Kier alpha value is -1.58. The molecule has 11 heteroatoms. The van der Waals surface area contributed by atoms with Crippen molar-refractivity contribution >= 4 is 28.9 Å². The van der Waals surface area contributed by atoms with E-state index in [0.29, 0.717) is 0 Å². The zero-order valence-electron chi connectivity index (χ0n) is 29.8. The molecule has 0 spiro atoms. The first-order valence-corrected chi connectivity index (χ1v) is 22.5. The molecule has 0 radical (unpaired) electrons. The third-order valence-electron chi connectivity index (χ3n) is 8.93. The Bertz CT molecular complexity index is 1080. The van der Waals surface area contributed by atoms with Gasteiger partial charge in [0.05, 0.1) is 0 Å². The Balaban J connectivity index is 3.52. The van der Waals surface area contributed by atoms with E-state index in [1.807, 2.05) is 0 Å². The van der Waals surface area contributed by atoms with Gasteiger partial charge >= 0.3 is 286 Å². The second-order valence-corrected chi connectivity index (χ2v) is 20.5. The second-order valence-electron chi connectivity index (χ2n) is 13.0. The number of carbonyl (C=O) groups excluding carboxylic acids is 2. The van der Waals surface area contributed by atoms with Crippen LogP contribution in [0, 0.1) is 0 Å². The third kappa shape index (κ3) is 15.7. The summed E-state index contributed by atoms with van der Waals surface area (Å²) in [5.74, 6) is -1.75. The minimum atomic E-state index is -4.44. The third-order valence-corrected chi connectivity index (χ3v) is 18.0. The van der Waals surface area contributed by atoms with Gasteiger partial charge in [-0.2, -0.15) is 0 Å². The van der Waals surface area contributed by atoms with Crippen molar-refractivity contribution < 1.29 is 41.7 Å². The Kier molecular flexibility index (Phi) is 21.9. The average molecular weight is 705 g/mol. The van der Waals surface area contributed by atoms with E-state index in [9.17, 15) is 18.0 Å². The van der Waals surface area contributed by atoms with E-state index in [1.165, 1.54) is 63.1 Å². The Morgan fingerprint density at radius 1 is 0.574 bits per heavy atom. The van der Waals surface area contributed by atoms with Crippen LogP contribution in [-0.2, 0) is 23.6 Å². The zero-order valence-corrected chi connectivity index (χ0v) is 31.5. The van der Waals surface area contributed by atoms with Crippen LogP contribution in [0.15, 0.2) is 23.1 Å². The summed E-state index contributed by atoms with van der Waals surface area (Å²) in [6.07, 6.45) is 20.2. The van der Waals surface area contributed by atoms with Gasteiger partial charge in [0, 0.05) is 0 Å². The molecule has 0 aromatic heterocycles. The predicted molar refractivity (Wildman–Crippen MR) is 192 cm³/mol. The van der Waals surface area contributed by atoms with Crippen molar-refractivity contribution in [2.24, 2.45) is 0 Å². The molecule has 0 aliphatic rings. The average Bonchev–Trinajstić information content (AvgIpc) is 3.07. The maximum absolute atomic E-state index is 14.4. The van der Waals surface area contributed by atoms with Gasteiger partial charge in [0.15, 0.2) is 0 Å². The van der Waals surface area contributed by atoms with E-state index in [-0.39, 0.29) is 29.2 Å². The van der Waals surface area contributed by atoms with E-state index in [2.05, 4.69) is 27.7 Å². The topological polar surface area (TPSA) is 136 Å². The van der Waals surface area contributed by atoms with Gasteiger partial charge in [0.1, 0.15) is 0 Å². The van der Waals surface area contributed by atoms with E-state index < -0.39 is 42.1 Å². The van der Waals surface area contributed by atoms with Gasteiger partial charge in [-0.1, -0.05) is 0 Å². The maximum atomic E-state index is 14.4. The van der Waals surface area contributed by atoms with Crippen LogP contribution in [0.25, 0.3) is 0 Å². The molecular formula is C36H65O9PS. The van der Waals surface area contributed by atoms with Gasteiger partial charge < -0.3 is 0 Å². The van der Waals surface area contributed by atoms with Gasteiger partial charge in [-0.05, 0) is 0 Å². The van der Waals surface area contributed by atoms with Crippen LogP contribution in [0.3, 0.4) is 0 Å². The second kappa shape index (κ2) is 23.7. The SMILES string of the molecule is CCCCCCCCCCCCP(CCCC)(CCCC)(CCCC)OS(=O)(=O)c1cc(C(=O)OCCO)cc(C(=O)OCCO)c1. The van der Waals surface area contributed by atoms with Crippen molar-refractivity contribution in [3.05, 3.63) is 29.3 Å². The number of rotatable bonds is 29. The summed E-state index contributed by atoms with van der Waals surface area (Å²) in [6, 6.07) is 3.57. The van der Waals surface area contributed by atoms with Crippen molar-refractivity contribution in [3.8, 4) is 0 Å². The molecule has 47 heavy (non-hydrogen) atoms. The van der Waals surface area contributed by atoms with Gasteiger partial charge in [0.2, 0.25) is 0 Å². The summed E-state index contributed by atoms with van der Waals surface area (Å²) >= 11 is 0. The van der Waals surface area contributed by atoms with Gasteiger partial charge in [-0.3, -0.25) is 0 Å². The number of ether oxygens (including phenoxy) is 2. The Morgan fingerprint density at radius 2 is 0.936 bits per heavy atom. The molecule has 274 valence electrons. The molecule has 0 unspecified atom stereocenters. The molecule has 0 aliphatic heterocycles. The Labute approximate surface area is 285 Å². The van der Waals surface area contributed by atoms with Crippen LogP contribution in [0.2, 0.25) is 0 Å². The quantitative estimate of drug-likeness (QED) is 0.0478. The fraction of sp³-hybridized carbons (Fsp3) is 0.778. The molecule has 0 aliphatic carbocycles. The van der Waals surface area contributed by atoms with Crippen LogP contribution in [-0.4, -0.2) is 81.6 Å². The number of benzene rings is 1. The molecule has 0 amide bonds. The zero-order chi connectivity index (χ0) is 35.0. The first-order valence-electron chi connectivity index (χ1n) is 18.2. The number of hydrogen-bond acceptors (Lipinski definition) is 9. The Morgan fingerprint density at radius 3 is 1.32 bits per heavy atom. The fourth-order valence-corrected chi connectivity index (χ4v) is 16.2. The van der Waals surface area contributed by atoms with Gasteiger partial charge in [-0.25, -0.2) is 0 Å². The number of hydrogen-bond donors (Lipinski definition) is 2. The molecule has 0 fully saturated rings. The van der Waals surface area contributed by atoms with Crippen LogP contribution >= 0.6 is 6.83 Å². The first kappa shape index (κ1) is 43.4. The van der Waals surface area contributed by atoms with Gasteiger partial charge in [-0.15, -0.1) is 0 Å². The standard InChI is InChI=1S/C36H65O9PS/c1-5-9-13-14-15-16-17-18-19-20-28-46(25-10-6-2,26-11-7-3,27-12-8-4)45-47(41,42)34-30-32(35(39)43-23-21-37)29-33(31-34)36(40)44-24-22-38/h29-31,37-38H,5-28H2,1-4H3. The molecule has 0 saturated carbocycles. The summed E-state index contributed by atoms with van der Waals surface area (Å²) in [5, 5.41) is 18.3. The molecule has 9 nitrogen and oxygen atoms in total. The summed E-state index contributed by atoms with van der Waals surface area (Å²) in [6.45, 7) is 3.86. The van der Waals surface area contributed by atoms with Crippen LogP contribution in [0.5, 0.6) is 0 Å². The molecule has 1 aromatic carbocycles. The van der Waals surface area contributed by atoms with Crippen LogP contribution in [0.1, 0.15) is 151 Å². The van der Waals surface area contributed by atoms with Crippen LogP contribution < -0.4 is 0 Å². The van der Waals surface area contributed by atoms with Crippen molar-refractivity contribution in [2.75, 3.05) is 51.1 Å². The van der Waals surface area contributed by atoms with Crippen molar-refractivity contribution in [2.45, 2.75) is 135 Å². The minimum absolute atomic E-state index is 0.162. The monoisotopic (exact) mass is 704 g/mol. The van der Waals surface area contributed by atoms with Crippen LogP contribution in [0.4, 0.5) is 0 Å². The van der Waals surface area contributed by atoms with E-state index in [1.54, 1.807) is 0 Å². The predicted octanol–water partition coefficient (Wildman–Crippen LogP) is 8.48. The molecule has 2 N–H and O–H groups in total.